The zero-order valence-electron chi connectivity index (χ0n) is 14.4. The molecule has 0 atom stereocenters. The molecular weight excluding hydrogens is 376 g/mol. The Labute approximate surface area is 159 Å². The maximum Gasteiger partial charge on any atom is 0.358 e. The Kier molecular flexibility index (Phi) is 5.72. The summed E-state index contributed by atoms with van der Waals surface area (Å²) < 4.78 is 10.7. The highest BCUT2D eigenvalue weighted by Crippen LogP contribution is 2.33. The quantitative estimate of drug-likeness (QED) is 0.794. The molecule has 0 spiro atoms. The van der Waals surface area contributed by atoms with E-state index < -0.39 is 5.97 Å². The van der Waals surface area contributed by atoms with Crippen LogP contribution in [0.1, 0.15) is 20.8 Å². The van der Waals surface area contributed by atoms with Gasteiger partial charge in [0.05, 0.1) is 37.3 Å². The van der Waals surface area contributed by atoms with Crippen LogP contribution in [0.25, 0.3) is 0 Å². The van der Waals surface area contributed by atoms with E-state index in [4.69, 9.17) is 21.1 Å². The number of hydrogen-bond donors (Lipinski definition) is 2. The molecule has 2 aromatic rings. The summed E-state index contributed by atoms with van der Waals surface area (Å²) in [6.45, 7) is 1.95. The molecule has 0 unspecified atom stereocenters. The van der Waals surface area contributed by atoms with Crippen molar-refractivity contribution in [3.8, 4) is 5.75 Å². The molecule has 3 rings (SSSR count). The van der Waals surface area contributed by atoms with Crippen LogP contribution in [-0.2, 0) is 4.74 Å². The summed E-state index contributed by atoms with van der Waals surface area (Å²) in [4.78, 5) is 25.9. The summed E-state index contributed by atoms with van der Waals surface area (Å²) >= 11 is 5.83. The van der Waals surface area contributed by atoms with Crippen molar-refractivity contribution in [3.63, 3.8) is 0 Å². The van der Waals surface area contributed by atoms with Gasteiger partial charge in [0.25, 0.3) is 5.91 Å². The van der Waals surface area contributed by atoms with Gasteiger partial charge < -0.3 is 24.8 Å². The van der Waals surface area contributed by atoms with Crippen molar-refractivity contribution in [3.05, 3.63) is 40.7 Å². The number of para-hydroxylation sites is 1. The van der Waals surface area contributed by atoms with Gasteiger partial charge in [-0.15, -0.1) is 10.2 Å². The van der Waals surface area contributed by atoms with E-state index in [2.05, 4.69) is 15.5 Å². The van der Waals surface area contributed by atoms with E-state index in [0.29, 0.717) is 43.3 Å². The van der Waals surface area contributed by atoms with Crippen molar-refractivity contribution in [2.24, 2.45) is 0 Å². The second-order valence-electron chi connectivity index (χ2n) is 5.65. The van der Waals surface area contributed by atoms with Crippen LogP contribution >= 0.6 is 11.6 Å². The van der Waals surface area contributed by atoms with E-state index in [9.17, 15) is 14.7 Å². The number of nitrogens with zero attached hydrogens (tertiary/aromatic N) is 3. The zero-order valence-corrected chi connectivity index (χ0v) is 15.2. The maximum absolute atomic E-state index is 12.8. The smallest absolute Gasteiger partial charge is 0.358 e. The third kappa shape index (κ3) is 4.09. The van der Waals surface area contributed by atoms with Crippen molar-refractivity contribution in [2.75, 3.05) is 38.7 Å². The average Bonchev–Trinajstić information content (AvgIpc) is 2.67. The first-order valence-corrected chi connectivity index (χ1v) is 8.46. The SMILES string of the molecule is COc1c(Nc2cc(Cl)nnc2C(=O)O)cccc1C(=O)N1CCOCC1. The minimum Gasteiger partial charge on any atom is -0.494 e. The molecule has 10 heteroatoms. The lowest BCUT2D eigenvalue weighted by molar-refractivity contribution is 0.0301. The number of anilines is 2. The van der Waals surface area contributed by atoms with Crippen LogP contribution in [0.3, 0.4) is 0 Å². The number of ether oxygens (including phenoxy) is 2. The molecule has 1 aliphatic rings. The molecule has 1 amide bonds. The second-order valence-corrected chi connectivity index (χ2v) is 6.04. The van der Waals surface area contributed by atoms with Crippen LogP contribution in [0.2, 0.25) is 5.15 Å². The standard InChI is InChI=1S/C17H17ClN4O5/c1-26-15-10(16(23)22-5-7-27-8-6-22)3-2-4-11(15)19-12-9-13(18)20-21-14(12)17(24)25/h2-4,9H,5-8H2,1H3,(H,19,20)(H,24,25). The first-order valence-electron chi connectivity index (χ1n) is 8.09. The molecule has 0 aliphatic carbocycles. The summed E-state index contributed by atoms with van der Waals surface area (Å²) in [7, 11) is 1.44. The number of aromatic carboxylic acids is 1. The maximum atomic E-state index is 12.8. The van der Waals surface area contributed by atoms with Gasteiger partial charge in [-0.1, -0.05) is 17.7 Å². The fourth-order valence-corrected chi connectivity index (χ4v) is 2.87. The van der Waals surface area contributed by atoms with Crippen molar-refractivity contribution in [1.82, 2.24) is 15.1 Å². The normalized spacial score (nSPS) is 13.9. The Morgan fingerprint density at radius 3 is 2.67 bits per heavy atom. The van der Waals surface area contributed by atoms with Crippen molar-refractivity contribution in [1.29, 1.82) is 0 Å². The van der Waals surface area contributed by atoms with Crippen LogP contribution in [-0.4, -0.2) is 65.5 Å². The van der Waals surface area contributed by atoms with Crippen LogP contribution in [0.5, 0.6) is 5.75 Å². The molecule has 2 heterocycles. The van der Waals surface area contributed by atoms with Gasteiger partial charge in [-0.25, -0.2) is 4.79 Å². The van der Waals surface area contributed by atoms with Gasteiger partial charge in [-0.05, 0) is 12.1 Å². The summed E-state index contributed by atoms with van der Waals surface area (Å²) in [6, 6.07) is 6.33. The fourth-order valence-electron chi connectivity index (χ4n) is 2.73. The Balaban J connectivity index is 1.97. The second kappa shape index (κ2) is 8.19. The number of aromatic nitrogens is 2. The van der Waals surface area contributed by atoms with Crippen LogP contribution < -0.4 is 10.1 Å². The molecule has 142 valence electrons. The minimum atomic E-state index is -1.26. The highest BCUT2D eigenvalue weighted by molar-refractivity contribution is 6.29. The largest absolute Gasteiger partial charge is 0.494 e. The van der Waals surface area contributed by atoms with E-state index in [1.807, 2.05) is 0 Å². The number of carboxylic acid groups (broad SMARTS) is 1. The number of methoxy groups -OCH3 is 1. The number of hydrogen-bond acceptors (Lipinski definition) is 7. The molecule has 27 heavy (non-hydrogen) atoms. The van der Waals surface area contributed by atoms with Crippen molar-refractivity contribution in [2.45, 2.75) is 0 Å². The topological polar surface area (TPSA) is 114 Å². The summed E-state index contributed by atoms with van der Waals surface area (Å²) in [5, 5.41) is 19.4. The van der Waals surface area contributed by atoms with Crippen LogP contribution in [0.4, 0.5) is 11.4 Å². The molecule has 2 N–H and O–H groups in total. The van der Waals surface area contributed by atoms with Crippen molar-refractivity contribution >= 4 is 34.9 Å². The van der Waals surface area contributed by atoms with E-state index in [0.717, 1.165) is 0 Å². The minimum absolute atomic E-state index is 0.0296. The number of carbonyl (C=O) groups excluding carboxylic acids is 1. The number of morpholine rings is 1. The molecule has 0 bridgehead atoms. The molecule has 1 aromatic carbocycles. The number of amides is 1. The van der Waals surface area contributed by atoms with Crippen LogP contribution in [0.15, 0.2) is 24.3 Å². The number of rotatable bonds is 5. The number of carbonyl (C=O) groups is 2. The summed E-state index contributed by atoms with van der Waals surface area (Å²) in [6.07, 6.45) is 0. The van der Waals surface area contributed by atoms with Gasteiger partial charge in [0, 0.05) is 19.2 Å². The highest BCUT2D eigenvalue weighted by Gasteiger charge is 2.24. The molecule has 1 fully saturated rings. The highest BCUT2D eigenvalue weighted by atomic mass is 35.5. The Bertz CT molecular complexity index is 870. The molecular formula is C17H17ClN4O5. The third-order valence-corrected chi connectivity index (χ3v) is 4.17. The number of benzene rings is 1. The van der Waals surface area contributed by atoms with Gasteiger partial charge >= 0.3 is 5.97 Å². The molecule has 1 aliphatic heterocycles. The lowest BCUT2D eigenvalue weighted by atomic mass is 10.1. The Morgan fingerprint density at radius 1 is 1.26 bits per heavy atom. The lowest BCUT2D eigenvalue weighted by Crippen LogP contribution is -2.40. The summed E-state index contributed by atoms with van der Waals surface area (Å²) in [5.41, 5.74) is 0.598. The van der Waals surface area contributed by atoms with E-state index in [-0.39, 0.29) is 22.4 Å². The fraction of sp³-hybridized carbons (Fsp3) is 0.294. The van der Waals surface area contributed by atoms with Gasteiger partial charge in [0.15, 0.2) is 16.6 Å². The first-order chi connectivity index (χ1) is 13.0. The number of nitrogens with one attached hydrogen (secondary N) is 1. The number of carboxylic acids is 1. The van der Waals surface area contributed by atoms with Gasteiger partial charge in [-0.3, -0.25) is 4.79 Å². The average molecular weight is 393 g/mol. The summed E-state index contributed by atoms with van der Waals surface area (Å²) in [5.74, 6) is -1.16. The first kappa shape index (κ1) is 18.9. The molecule has 1 aromatic heterocycles. The Morgan fingerprint density at radius 2 is 2.00 bits per heavy atom. The van der Waals surface area contributed by atoms with Gasteiger partial charge in [0.1, 0.15) is 0 Å². The Hall–Kier alpha value is -2.91. The van der Waals surface area contributed by atoms with Gasteiger partial charge in [-0.2, -0.15) is 0 Å². The van der Waals surface area contributed by atoms with E-state index in [1.54, 1.807) is 23.1 Å². The van der Waals surface area contributed by atoms with E-state index >= 15 is 0 Å². The zero-order chi connectivity index (χ0) is 19.4. The monoisotopic (exact) mass is 392 g/mol. The number of halogens is 1. The molecule has 0 radical (unpaired) electrons. The van der Waals surface area contributed by atoms with Crippen LogP contribution in [0, 0.1) is 0 Å². The molecule has 1 saturated heterocycles. The van der Waals surface area contributed by atoms with E-state index in [1.165, 1.54) is 13.2 Å². The predicted octanol–water partition coefficient (Wildman–Crippen LogP) is 2.05. The van der Waals surface area contributed by atoms with Crippen molar-refractivity contribution < 1.29 is 24.2 Å². The third-order valence-electron chi connectivity index (χ3n) is 3.98. The van der Waals surface area contributed by atoms with Gasteiger partial charge in [0.2, 0.25) is 0 Å². The molecule has 0 saturated carbocycles. The lowest BCUT2D eigenvalue weighted by Gasteiger charge is -2.27. The molecule has 9 nitrogen and oxygen atoms in total. The predicted molar refractivity (Wildman–Crippen MR) is 97.0 cm³/mol.